The number of hydrogen-bond donors (Lipinski definition) is 0. The molecule has 0 atom stereocenters. The van der Waals surface area contributed by atoms with Crippen LogP contribution in [-0.4, -0.2) is 18.0 Å². The van der Waals surface area contributed by atoms with Gasteiger partial charge in [-0.1, -0.05) is 11.6 Å². The van der Waals surface area contributed by atoms with Gasteiger partial charge in [0, 0.05) is 28.0 Å². The zero-order valence-electron chi connectivity index (χ0n) is 11.5. The number of aromatic nitrogens is 1. The fourth-order valence-corrected chi connectivity index (χ4v) is 2.42. The molecule has 0 amide bonds. The van der Waals surface area contributed by atoms with Crippen LogP contribution >= 0.6 is 11.6 Å². The third-order valence-corrected chi connectivity index (χ3v) is 3.71. The van der Waals surface area contributed by atoms with Gasteiger partial charge >= 0.3 is 0 Å². The van der Waals surface area contributed by atoms with Gasteiger partial charge in [0.2, 0.25) is 0 Å². The number of aryl methyl sites for hydroxylation is 2. The maximum absolute atomic E-state index is 11.0. The van der Waals surface area contributed by atoms with E-state index in [-0.39, 0.29) is 0 Å². The summed E-state index contributed by atoms with van der Waals surface area (Å²) in [7, 11) is 1.61. The van der Waals surface area contributed by atoms with Crippen LogP contribution in [0.15, 0.2) is 18.2 Å². The number of benzene rings is 1. The van der Waals surface area contributed by atoms with Crippen molar-refractivity contribution in [3.05, 3.63) is 45.7 Å². The molecule has 100 valence electrons. The molecule has 0 saturated carbocycles. The molecule has 0 radical (unpaired) electrons. The lowest BCUT2D eigenvalue weighted by atomic mass is 10.2. The summed E-state index contributed by atoms with van der Waals surface area (Å²) in [6, 6.07) is 5.63. The minimum absolute atomic E-state index is 0.665. The number of hydrogen-bond acceptors (Lipinski definition) is 2. The maximum atomic E-state index is 11.0. The van der Waals surface area contributed by atoms with Gasteiger partial charge in [0.15, 0.2) is 6.29 Å². The first kappa shape index (κ1) is 13.7. The van der Waals surface area contributed by atoms with Crippen LogP contribution in [0.4, 0.5) is 0 Å². The van der Waals surface area contributed by atoms with E-state index >= 15 is 0 Å². The molecule has 0 unspecified atom stereocenters. The lowest BCUT2D eigenvalue weighted by Crippen LogP contribution is -2.03. The molecule has 0 bridgehead atoms. The molecule has 0 fully saturated rings. The van der Waals surface area contributed by atoms with Crippen molar-refractivity contribution >= 4 is 17.9 Å². The zero-order valence-corrected chi connectivity index (χ0v) is 12.2. The van der Waals surface area contributed by atoms with E-state index in [9.17, 15) is 4.79 Å². The Balaban J connectivity index is 2.74. The number of methoxy groups -OCH3 is 1. The van der Waals surface area contributed by atoms with Crippen LogP contribution in [0.25, 0.3) is 5.69 Å². The van der Waals surface area contributed by atoms with Gasteiger partial charge in [0.25, 0.3) is 0 Å². The van der Waals surface area contributed by atoms with E-state index in [1.165, 1.54) is 0 Å². The Kier molecular flexibility index (Phi) is 3.67. The molecule has 0 saturated heterocycles. The van der Waals surface area contributed by atoms with Crippen molar-refractivity contribution in [3.8, 4) is 11.4 Å². The first-order valence-electron chi connectivity index (χ1n) is 5.98. The quantitative estimate of drug-likeness (QED) is 0.798. The number of halogens is 1. The zero-order chi connectivity index (χ0) is 14.2. The van der Waals surface area contributed by atoms with Gasteiger partial charge < -0.3 is 9.30 Å². The summed E-state index contributed by atoms with van der Waals surface area (Å²) in [4.78, 5) is 11.0. The highest BCUT2D eigenvalue weighted by atomic mass is 35.5. The SMILES string of the molecule is COc1cc(Cl)c(C)cc1-n1c(C)cc(C=O)c1C. The monoisotopic (exact) mass is 277 g/mol. The highest BCUT2D eigenvalue weighted by molar-refractivity contribution is 6.31. The lowest BCUT2D eigenvalue weighted by Gasteiger charge is -2.15. The second-order valence-electron chi connectivity index (χ2n) is 4.55. The fourth-order valence-electron chi connectivity index (χ4n) is 2.26. The molecule has 1 heterocycles. The molecule has 19 heavy (non-hydrogen) atoms. The summed E-state index contributed by atoms with van der Waals surface area (Å²) in [6.07, 6.45) is 0.869. The van der Waals surface area contributed by atoms with Gasteiger partial charge in [0.05, 0.1) is 12.8 Å². The molecule has 2 rings (SSSR count). The first-order valence-corrected chi connectivity index (χ1v) is 6.36. The van der Waals surface area contributed by atoms with Crippen LogP contribution in [0.5, 0.6) is 5.75 Å². The smallest absolute Gasteiger partial charge is 0.151 e. The van der Waals surface area contributed by atoms with E-state index in [0.29, 0.717) is 16.3 Å². The van der Waals surface area contributed by atoms with Crippen molar-refractivity contribution in [1.82, 2.24) is 4.57 Å². The molecule has 0 aliphatic carbocycles. The van der Waals surface area contributed by atoms with E-state index < -0.39 is 0 Å². The van der Waals surface area contributed by atoms with E-state index in [2.05, 4.69) is 0 Å². The second kappa shape index (κ2) is 5.10. The van der Waals surface area contributed by atoms with Crippen LogP contribution in [0, 0.1) is 20.8 Å². The topological polar surface area (TPSA) is 31.2 Å². The molecule has 2 aromatic rings. The van der Waals surface area contributed by atoms with Gasteiger partial charge in [-0.05, 0) is 38.5 Å². The number of carbonyl (C=O) groups is 1. The van der Waals surface area contributed by atoms with Gasteiger partial charge in [-0.3, -0.25) is 4.79 Å². The maximum Gasteiger partial charge on any atom is 0.151 e. The van der Waals surface area contributed by atoms with Crippen LogP contribution in [0.1, 0.15) is 27.3 Å². The third kappa shape index (κ3) is 2.26. The number of aldehydes is 1. The highest BCUT2D eigenvalue weighted by Crippen LogP contribution is 2.32. The van der Waals surface area contributed by atoms with Crippen molar-refractivity contribution in [2.24, 2.45) is 0 Å². The summed E-state index contributed by atoms with van der Waals surface area (Å²) >= 11 is 6.12. The number of ether oxygens (including phenoxy) is 1. The molecule has 1 aromatic heterocycles. The Morgan fingerprint density at radius 1 is 1.21 bits per heavy atom. The minimum atomic E-state index is 0.665. The predicted octanol–water partition coefficient (Wildman–Crippen LogP) is 3.88. The van der Waals surface area contributed by atoms with Crippen molar-refractivity contribution in [2.45, 2.75) is 20.8 Å². The van der Waals surface area contributed by atoms with E-state index in [1.54, 1.807) is 13.2 Å². The standard InChI is InChI=1S/C15H16ClNO2/c1-9-5-14(15(19-4)7-13(9)16)17-10(2)6-12(8-18)11(17)3/h5-8H,1-4H3. The molecule has 0 aliphatic heterocycles. The Labute approximate surface area is 117 Å². The fraction of sp³-hybridized carbons (Fsp3) is 0.267. The summed E-state index contributed by atoms with van der Waals surface area (Å²) in [5, 5.41) is 0.665. The Bertz CT molecular complexity index is 644. The summed E-state index contributed by atoms with van der Waals surface area (Å²) in [5.74, 6) is 0.690. The Hall–Kier alpha value is -1.74. The molecular formula is C15H16ClNO2. The lowest BCUT2D eigenvalue weighted by molar-refractivity contribution is 0.112. The second-order valence-corrected chi connectivity index (χ2v) is 4.96. The molecule has 1 aromatic carbocycles. The van der Waals surface area contributed by atoms with Crippen molar-refractivity contribution < 1.29 is 9.53 Å². The summed E-state index contributed by atoms with van der Waals surface area (Å²) in [6.45, 7) is 5.82. The molecule has 4 heteroatoms. The summed E-state index contributed by atoms with van der Waals surface area (Å²) < 4.78 is 7.40. The van der Waals surface area contributed by atoms with Gasteiger partial charge in [-0.25, -0.2) is 0 Å². The van der Waals surface area contributed by atoms with Gasteiger partial charge in [-0.15, -0.1) is 0 Å². The number of carbonyl (C=O) groups excluding carboxylic acids is 1. The average Bonchev–Trinajstić information content (AvgIpc) is 2.67. The highest BCUT2D eigenvalue weighted by Gasteiger charge is 2.15. The molecule has 3 nitrogen and oxygen atoms in total. The molecule has 0 aliphatic rings. The first-order chi connectivity index (χ1) is 8.99. The normalized spacial score (nSPS) is 10.6. The largest absolute Gasteiger partial charge is 0.495 e. The van der Waals surface area contributed by atoms with Crippen LogP contribution in [0.3, 0.4) is 0 Å². The minimum Gasteiger partial charge on any atom is -0.495 e. The molecular weight excluding hydrogens is 262 g/mol. The molecule has 0 spiro atoms. The van der Waals surface area contributed by atoms with Crippen LogP contribution in [-0.2, 0) is 0 Å². The van der Waals surface area contributed by atoms with Crippen molar-refractivity contribution in [3.63, 3.8) is 0 Å². The van der Waals surface area contributed by atoms with Crippen molar-refractivity contribution in [1.29, 1.82) is 0 Å². The molecule has 0 N–H and O–H groups in total. The number of rotatable bonds is 3. The third-order valence-electron chi connectivity index (χ3n) is 3.30. The van der Waals surface area contributed by atoms with Gasteiger partial charge in [-0.2, -0.15) is 0 Å². The van der Waals surface area contributed by atoms with E-state index in [1.807, 2.05) is 37.5 Å². The summed E-state index contributed by atoms with van der Waals surface area (Å²) in [5.41, 5.74) is 4.43. The van der Waals surface area contributed by atoms with Crippen molar-refractivity contribution in [2.75, 3.05) is 7.11 Å². The number of nitrogens with zero attached hydrogens (tertiary/aromatic N) is 1. The van der Waals surface area contributed by atoms with E-state index in [4.69, 9.17) is 16.3 Å². The van der Waals surface area contributed by atoms with E-state index in [0.717, 1.165) is 28.9 Å². The average molecular weight is 278 g/mol. The Morgan fingerprint density at radius 2 is 1.89 bits per heavy atom. The predicted molar refractivity (Wildman–Crippen MR) is 76.9 cm³/mol. The van der Waals surface area contributed by atoms with Crippen LogP contribution in [0.2, 0.25) is 5.02 Å². The van der Waals surface area contributed by atoms with Gasteiger partial charge in [0.1, 0.15) is 5.75 Å². The Morgan fingerprint density at radius 3 is 2.42 bits per heavy atom. The van der Waals surface area contributed by atoms with Crippen LogP contribution < -0.4 is 4.74 Å².